The number of allylic oxidation sites excluding steroid dienone is 1. The van der Waals surface area contributed by atoms with E-state index >= 15 is 0 Å². The largest absolute Gasteiger partial charge is 0.497 e. The minimum absolute atomic E-state index is 0.144. The maximum Gasteiger partial charge on any atom is 0.187 e. The Morgan fingerprint density at radius 3 is 2.50 bits per heavy atom. The molecule has 1 aliphatic heterocycles. The summed E-state index contributed by atoms with van der Waals surface area (Å²) < 4.78 is 15.8. The number of hydrogen-bond donors (Lipinski definition) is 1. The number of hydrogen-bond acceptors (Lipinski definition) is 5. The molecule has 1 aliphatic rings. The molecule has 108 valence electrons. The summed E-state index contributed by atoms with van der Waals surface area (Å²) >= 11 is 0. The van der Waals surface area contributed by atoms with E-state index in [1.54, 1.807) is 31.4 Å². The molecule has 20 heavy (non-hydrogen) atoms. The second-order valence-electron chi connectivity index (χ2n) is 4.64. The molecule has 2 N–H and O–H groups in total. The van der Waals surface area contributed by atoms with E-state index in [0.717, 1.165) is 0 Å². The summed E-state index contributed by atoms with van der Waals surface area (Å²) in [6, 6.07) is 6.89. The number of ether oxygens (including phenoxy) is 3. The summed E-state index contributed by atoms with van der Waals surface area (Å²) in [6.45, 7) is 3.01. The van der Waals surface area contributed by atoms with Crippen LogP contribution in [0.1, 0.15) is 17.3 Å². The average Bonchev–Trinajstić information content (AvgIpc) is 3.00. The Morgan fingerprint density at radius 1 is 1.35 bits per heavy atom. The van der Waals surface area contributed by atoms with Crippen LogP contribution >= 0.6 is 0 Å². The average molecular weight is 277 g/mol. The molecule has 0 radical (unpaired) electrons. The zero-order valence-corrected chi connectivity index (χ0v) is 11.7. The summed E-state index contributed by atoms with van der Waals surface area (Å²) in [4.78, 5) is 12.1. The molecule has 5 nitrogen and oxygen atoms in total. The molecule has 1 fully saturated rings. The van der Waals surface area contributed by atoms with Crippen LogP contribution in [0.5, 0.6) is 5.75 Å². The maximum absolute atomic E-state index is 12.1. The molecule has 1 atom stereocenters. The first-order chi connectivity index (χ1) is 9.61. The van der Waals surface area contributed by atoms with Crippen molar-refractivity contribution in [1.82, 2.24) is 0 Å². The van der Waals surface area contributed by atoms with Crippen molar-refractivity contribution in [3.05, 3.63) is 41.6 Å². The molecule has 1 unspecified atom stereocenters. The third-order valence-electron chi connectivity index (χ3n) is 3.25. The van der Waals surface area contributed by atoms with Crippen LogP contribution in [0.15, 0.2) is 36.0 Å². The van der Waals surface area contributed by atoms with Crippen molar-refractivity contribution in [3.63, 3.8) is 0 Å². The fourth-order valence-corrected chi connectivity index (χ4v) is 1.94. The first-order valence-electron chi connectivity index (χ1n) is 6.50. The van der Waals surface area contributed by atoms with Crippen molar-refractivity contribution in [3.8, 4) is 5.75 Å². The van der Waals surface area contributed by atoms with Crippen molar-refractivity contribution in [2.75, 3.05) is 20.3 Å². The van der Waals surface area contributed by atoms with Gasteiger partial charge in [-0.05, 0) is 24.3 Å². The highest BCUT2D eigenvalue weighted by atomic mass is 16.7. The van der Waals surface area contributed by atoms with Gasteiger partial charge in [0.05, 0.1) is 20.3 Å². The molecule has 0 spiro atoms. The third-order valence-corrected chi connectivity index (χ3v) is 3.25. The highest BCUT2D eigenvalue weighted by molar-refractivity contribution is 6.04. The molecule has 0 aromatic heterocycles. The molecule has 1 aromatic rings. The van der Waals surface area contributed by atoms with Crippen LogP contribution in [0.3, 0.4) is 0 Å². The molecule has 1 saturated heterocycles. The van der Waals surface area contributed by atoms with Crippen molar-refractivity contribution in [1.29, 1.82) is 0 Å². The van der Waals surface area contributed by atoms with Crippen molar-refractivity contribution >= 4 is 5.78 Å². The van der Waals surface area contributed by atoms with Gasteiger partial charge >= 0.3 is 0 Å². The topological polar surface area (TPSA) is 70.8 Å². The summed E-state index contributed by atoms with van der Waals surface area (Å²) in [5.74, 6) is 0.411. The number of ketones is 1. The molecular weight excluding hydrogens is 258 g/mol. The van der Waals surface area contributed by atoms with Gasteiger partial charge in [-0.1, -0.05) is 6.92 Å². The van der Waals surface area contributed by atoms with Gasteiger partial charge in [0, 0.05) is 23.3 Å². The minimum atomic E-state index is -0.366. The molecule has 1 aromatic carbocycles. The van der Waals surface area contributed by atoms with E-state index in [0.29, 0.717) is 30.2 Å². The number of carbonyl (C=O) groups excluding carboxylic acids is 1. The summed E-state index contributed by atoms with van der Waals surface area (Å²) in [6.07, 6.45) is 1.06. The minimum Gasteiger partial charge on any atom is -0.497 e. The van der Waals surface area contributed by atoms with E-state index in [-0.39, 0.29) is 18.0 Å². The molecule has 0 bridgehead atoms. The van der Waals surface area contributed by atoms with Crippen LogP contribution in [-0.2, 0) is 9.47 Å². The second-order valence-corrected chi connectivity index (χ2v) is 4.64. The molecule has 0 saturated carbocycles. The lowest BCUT2D eigenvalue weighted by Crippen LogP contribution is -2.25. The van der Waals surface area contributed by atoms with Gasteiger partial charge in [-0.2, -0.15) is 0 Å². The fraction of sp³-hybridized carbons (Fsp3) is 0.400. The van der Waals surface area contributed by atoms with E-state index in [1.165, 1.54) is 6.08 Å². The lowest BCUT2D eigenvalue weighted by Gasteiger charge is -2.18. The van der Waals surface area contributed by atoms with Gasteiger partial charge in [0.15, 0.2) is 12.1 Å². The zero-order chi connectivity index (χ0) is 14.5. The summed E-state index contributed by atoms with van der Waals surface area (Å²) in [5.41, 5.74) is 6.97. The quantitative estimate of drug-likeness (QED) is 0.655. The third kappa shape index (κ3) is 3.37. The van der Waals surface area contributed by atoms with E-state index in [4.69, 9.17) is 19.9 Å². The van der Waals surface area contributed by atoms with E-state index in [2.05, 4.69) is 0 Å². The van der Waals surface area contributed by atoms with Crippen LogP contribution in [0.4, 0.5) is 0 Å². The Labute approximate surface area is 118 Å². The first kappa shape index (κ1) is 14.6. The van der Waals surface area contributed by atoms with E-state index in [1.807, 2.05) is 6.92 Å². The molecule has 1 heterocycles. The standard InChI is InChI=1S/C15H19NO4/c1-10(15-19-7-8-20-15)13(16)9-14(17)11-3-5-12(18-2)6-4-11/h3-6,9-10,15H,7-8,16H2,1-2H3/b13-9-. The Balaban J connectivity index is 2.05. The Morgan fingerprint density at radius 2 is 1.95 bits per heavy atom. The van der Waals surface area contributed by atoms with Gasteiger partial charge in [-0.3, -0.25) is 4.79 Å². The monoisotopic (exact) mass is 277 g/mol. The number of benzene rings is 1. The van der Waals surface area contributed by atoms with Crippen LogP contribution in [0, 0.1) is 5.92 Å². The Bertz CT molecular complexity index is 489. The van der Waals surface area contributed by atoms with Gasteiger partial charge in [-0.15, -0.1) is 0 Å². The molecule has 2 rings (SSSR count). The number of rotatable bonds is 5. The fourth-order valence-electron chi connectivity index (χ4n) is 1.94. The van der Waals surface area contributed by atoms with E-state index < -0.39 is 0 Å². The van der Waals surface area contributed by atoms with Gasteiger partial charge in [0.1, 0.15) is 5.75 Å². The Hall–Kier alpha value is -1.85. The number of methoxy groups -OCH3 is 1. The highest BCUT2D eigenvalue weighted by Gasteiger charge is 2.25. The van der Waals surface area contributed by atoms with Crippen LogP contribution in [0.25, 0.3) is 0 Å². The van der Waals surface area contributed by atoms with Crippen LogP contribution in [-0.4, -0.2) is 32.4 Å². The molecule has 5 heteroatoms. The van der Waals surface area contributed by atoms with Crippen molar-refractivity contribution in [2.45, 2.75) is 13.2 Å². The maximum atomic E-state index is 12.1. The summed E-state index contributed by atoms with van der Waals surface area (Å²) in [5, 5.41) is 0. The van der Waals surface area contributed by atoms with Crippen LogP contribution in [0.2, 0.25) is 0 Å². The van der Waals surface area contributed by atoms with Crippen molar-refractivity contribution in [2.24, 2.45) is 11.7 Å². The molecular formula is C15H19NO4. The van der Waals surface area contributed by atoms with Crippen LogP contribution < -0.4 is 10.5 Å². The lowest BCUT2D eigenvalue weighted by atomic mass is 10.0. The molecule has 0 aliphatic carbocycles. The van der Waals surface area contributed by atoms with E-state index in [9.17, 15) is 4.79 Å². The number of nitrogens with two attached hydrogens (primary N) is 1. The predicted molar refractivity (Wildman–Crippen MR) is 74.5 cm³/mol. The molecule has 0 amide bonds. The lowest BCUT2D eigenvalue weighted by molar-refractivity contribution is -0.0688. The SMILES string of the molecule is COc1ccc(C(=O)/C=C(\N)C(C)C2OCCO2)cc1. The predicted octanol–water partition coefficient (Wildman–Crippen LogP) is 1.73. The second kappa shape index (κ2) is 6.54. The number of carbonyl (C=O) groups is 1. The van der Waals surface area contributed by atoms with Crippen molar-refractivity contribution < 1.29 is 19.0 Å². The van der Waals surface area contributed by atoms with Gasteiger partial charge in [0.25, 0.3) is 0 Å². The summed E-state index contributed by atoms with van der Waals surface area (Å²) in [7, 11) is 1.58. The van der Waals surface area contributed by atoms with Gasteiger partial charge < -0.3 is 19.9 Å². The zero-order valence-electron chi connectivity index (χ0n) is 11.7. The van der Waals surface area contributed by atoms with Gasteiger partial charge in [-0.25, -0.2) is 0 Å². The normalized spacial score (nSPS) is 18.0. The van der Waals surface area contributed by atoms with Gasteiger partial charge in [0.2, 0.25) is 0 Å². The smallest absolute Gasteiger partial charge is 0.187 e. The first-order valence-corrected chi connectivity index (χ1v) is 6.50. The highest BCUT2D eigenvalue weighted by Crippen LogP contribution is 2.19. The Kier molecular flexibility index (Phi) is 4.76.